The third kappa shape index (κ3) is 2.89. The standard InChI is InChI=1S/C11H8N2O4/c1-17-11(14)10-5-3-2-4-8(10)6-9(7-12)13(15)16/h2-6H,1H3. The summed E-state index contributed by atoms with van der Waals surface area (Å²) >= 11 is 0. The predicted molar refractivity (Wildman–Crippen MR) is 58.4 cm³/mol. The summed E-state index contributed by atoms with van der Waals surface area (Å²) in [6.07, 6.45) is 1.03. The van der Waals surface area contributed by atoms with Crippen molar-refractivity contribution in [1.82, 2.24) is 0 Å². The van der Waals surface area contributed by atoms with E-state index in [0.29, 0.717) is 0 Å². The Hall–Kier alpha value is -2.68. The van der Waals surface area contributed by atoms with Crippen LogP contribution in [0.5, 0.6) is 0 Å². The summed E-state index contributed by atoms with van der Waals surface area (Å²) in [5.41, 5.74) is -0.196. The first-order chi connectivity index (χ1) is 8.10. The highest BCUT2D eigenvalue weighted by Crippen LogP contribution is 2.14. The predicted octanol–water partition coefficient (Wildman–Crippen LogP) is 1.61. The van der Waals surface area contributed by atoms with Gasteiger partial charge in [0.15, 0.2) is 6.07 Å². The third-order valence-corrected chi connectivity index (χ3v) is 1.97. The van der Waals surface area contributed by atoms with E-state index in [4.69, 9.17) is 5.26 Å². The van der Waals surface area contributed by atoms with Crippen LogP contribution in [-0.4, -0.2) is 18.0 Å². The molecule has 1 rings (SSSR count). The van der Waals surface area contributed by atoms with E-state index in [1.54, 1.807) is 12.1 Å². The van der Waals surface area contributed by atoms with Crippen molar-refractivity contribution in [3.63, 3.8) is 0 Å². The Morgan fingerprint density at radius 2 is 2.18 bits per heavy atom. The van der Waals surface area contributed by atoms with Gasteiger partial charge in [0.1, 0.15) is 0 Å². The van der Waals surface area contributed by atoms with Crippen LogP contribution in [0.1, 0.15) is 15.9 Å². The molecule has 1 aromatic rings. The highest BCUT2D eigenvalue weighted by atomic mass is 16.6. The van der Waals surface area contributed by atoms with Crippen molar-refractivity contribution in [2.75, 3.05) is 7.11 Å². The lowest BCUT2D eigenvalue weighted by atomic mass is 10.1. The van der Waals surface area contributed by atoms with Crippen LogP contribution in [0.15, 0.2) is 30.0 Å². The summed E-state index contributed by atoms with van der Waals surface area (Å²) in [6, 6.07) is 7.61. The number of ether oxygens (including phenoxy) is 1. The number of carbonyl (C=O) groups excluding carboxylic acids is 1. The number of hydrogen-bond donors (Lipinski definition) is 0. The van der Waals surface area contributed by atoms with Crippen molar-refractivity contribution in [2.45, 2.75) is 0 Å². The zero-order valence-corrected chi connectivity index (χ0v) is 8.91. The topological polar surface area (TPSA) is 93.2 Å². The molecule has 0 unspecified atom stereocenters. The molecule has 0 atom stereocenters. The van der Waals surface area contributed by atoms with Gasteiger partial charge < -0.3 is 4.74 Å². The summed E-state index contributed by atoms with van der Waals surface area (Å²) < 4.78 is 4.53. The number of allylic oxidation sites excluding steroid dienone is 1. The Kier molecular flexibility index (Phi) is 3.95. The zero-order chi connectivity index (χ0) is 12.8. The maximum Gasteiger partial charge on any atom is 0.346 e. The van der Waals surface area contributed by atoms with Crippen molar-refractivity contribution in [1.29, 1.82) is 5.26 Å². The van der Waals surface area contributed by atoms with Crippen LogP contribution < -0.4 is 0 Å². The van der Waals surface area contributed by atoms with Gasteiger partial charge in [-0.05, 0) is 11.6 Å². The molecular weight excluding hydrogens is 224 g/mol. The molecule has 6 nitrogen and oxygen atoms in total. The maximum absolute atomic E-state index is 11.4. The lowest BCUT2D eigenvalue weighted by molar-refractivity contribution is -0.415. The van der Waals surface area contributed by atoms with E-state index in [9.17, 15) is 14.9 Å². The highest BCUT2D eigenvalue weighted by molar-refractivity contribution is 5.93. The monoisotopic (exact) mass is 232 g/mol. The quantitative estimate of drug-likeness (QED) is 0.341. The largest absolute Gasteiger partial charge is 0.465 e. The van der Waals surface area contributed by atoms with Crippen LogP contribution >= 0.6 is 0 Å². The molecule has 0 saturated heterocycles. The van der Waals surface area contributed by atoms with Crippen molar-refractivity contribution < 1.29 is 14.5 Å². The summed E-state index contributed by atoms with van der Waals surface area (Å²) in [7, 11) is 1.21. The van der Waals surface area contributed by atoms with Gasteiger partial charge in [0.25, 0.3) is 0 Å². The summed E-state index contributed by atoms with van der Waals surface area (Å²) in [5.74, 6) is -0.613. The second kappa shape index (κ2) is 5.42. The van der Waals surface area contributed by atoms with Gasteiger partial charge in [0, 0.05) is 6.08 Å². The van der Waals surface area contributed by atoms with E-state index in [0.717, 1.165) is 6.08 Å². The van der Waals surface area contributed by atoms with Crippen LogP contribution in [0, 0.1) is 21.4 Å². The molecule has 0 spiro atoms. The molecule has 0 N–H and O–H groups in total. The molecule has 0 saturated carbocycles. The number of nitro groups is 1. The molecule has 1 aromatic carbocycles. The highest BCUT2D eigenvalue weighted by Gasteiger charge is 2.14. The first-order valence-corrected chi connectivity index (χ1v) is 4.53. The first kappa shape index (κ1) is 12.4. The van der Waals surface area contributed by atoms with Gasteiger partial charge in [0.05, 0.1) is 17.6 Å². The molecule has 0 fully saturated rings. The molecule has 0 aliphatic rings. The molecule has 0 aromatic heterocycles. The summed E-state index contributed by atoms with van der Waals surface area (Å²) in [4.78, 5) is 21.0. The number of nitrogens with zero attached hydrogens (tertiary/aromatic N) is 2. The van der Waals surface area contributed by atoms with Gasteiger partial charge >= 0.3 is 11.7 Å². The van der Waals surface area contributed by atoms with Crippen LogP contribution in [0.25, 0.3) is 6.08 Å². The lowest BCUT2D eigenvalue weighted by Gasteiger charge is -2.02. The number of rotatable bonds is 3. The Balaban J connectivity index is 3.28. The second-order valence-corrected chi connectivity index (χ2v) is 2.98. The Labute approximate surface area is 96.9 Å². The van der Waals surface area contributed by atoms with Crippen molar-refractivity contribution >= 4 is 12.0 Å². The van der Waals surface area contributed by atoms with Crippen LogP contribution in [-0.2, 0) is 4.74 Å². The minimum Gasteiger partial charge on any atom is -0.465 e. The lowest BCUT2D eigenvalue weighted by Crippen LogP contribution is -2.04. The van der Waals surface area contributed by atoms with Gasteiger partial charge in [-0.1, -0.05) is 18.2 Å². The van der Waals surface area contributed by atoms with E-state index in [2.05, 4.69) is 4.74 Å². The molecule has 17 heavy (non-hydrogen) atoms. The minimum atomic E-state index is -0.811. The molecule has 0 radical (unpaired) electrons. The fourth-order valence-electron chi connectivity index (χ4n) is 1.19. The minimum absolute atomic E-state index is 0.171. The molecule has 0 amide bonds. The smallest absolute Gasteiger partial charge is 0.346 e. The van der Waals surface area contributed by atoms with Gasteiger partial charge in [-0.3, -0.25) is 10.1 Å². The molecule has 0 aliphatic carbocycles. The Morgan fingerprint density at radius 1 is 1.53 bits per heavy atom. The van der Waals surface area contributed by atoms with Crippen molar-refractivity contribution in [2.24, 2.45) is 0 Å². The average Bonchev–Trinajstić information content (AvgIpc) is 2.35. The Morgan fingerprint density at radius 3 is 2.71 bits per heavy atom. The van der Waals surface area contributed by atoms with E-state index < -0.39 is 16.6 Å². The number of nitriles is 1. The second-order valence-electron chi connectivity index (χ2n) is 2.98. The number of carbonyl (C=O) groups is 1. The van der Waals surface area contributed by atoms with Crippen molar-refractivity contribution in [3.05, 3.63) is 51.2 Å². The van der Waals surface area contributed by atoms with E-state index >= 15 is 0 Å². The molecule has 0 bridgehead atoms. The van der Waals surface area contributed by atoms with E-state index in [1.807, 2.05) is 0 Å². The van der Waals surface area contributed by atoms with Crippen LogP contribution in [0.3, 0.4) is 0 Å². The van der Waals surface area contributed by atoms with Gasteiger partial charge in [-0.2, -0.15) is 5.26 Å². The number of hydrogen-bond acceptors (Lipinski definition) is 5. The number of esters is 1. The van der Waals surface area contributed by atoms with Gasteiger partial charge in [-0.25, -0.2) is 4.79 Å². The average molecular weight is 232 g/mol. The number of methoxy groups -OCH3 is 1. The Bertz CT molecular complexity index is 529. The zero-order valence-electron chi connectivity index (χ0n) is 8.91. The SMILES string of the molecule is COC(=O)c1ccccc1C=C(C#N)[N+](=O)[O-]. The first-order valence-electron chi connectivity index (χ1n) is 4.53. The van der Waals surface area contributed by atoms with Crippen LogP contribution in [0.2, 0.25) is 0 Å². The van der Waals surface area contributed by atoms with Crippen LogP contribution in [0.4, 0.5) is 0 Å². The molecular formula is C11H8N2O4. The fourth-order valence-corrected chi connectivity index (χ4v) is 1.19. The summed E-state index contributed by atoms with van der Waals surface area (Å²) in [5, 5.41) is 19.1. The molecule has 6 heteroatoms. The normalized spacial score (nSPS) is 10.5. The number of benzene rings is 1. The van der Waals surface area contributed by atoms with Gasteiger partial charge in [-0.15, -0.1) is 0 Å². The van der Waals surface area contributed by atoms with E-state index in [-0.39, 0.29) is 11.1 Å². The maximum atomic E-state index is 11.4. The molecule has 86 valence electrons. The molecule has 0 heterocycles. The van der Waals surface area contributed by atoms with E-state index in [1.165, 1.54) is 25.3 Å². The molecule has 0 aliphatic heterocycles. The van der Waals surface area contributed by atoms with Crippen molar-refractivity contribution in [3.8, 4) is 6.07 Å². The summed E-state index contributed by atoms with van der Waals surface area (Å²) in [6.45, 7) is 0. The fraction of sp³-hybridized carbons (Fsp3) is 0.0909. The van der Waals surface area contributed by atoms with Gasteiger partial charge in [0.2, 0.25) is 0 Å². The third-order valence-electron chi connectivity index (χ3n) is 1.97.